The van der Waals surface area contributed by atoms with Gasteiger partial charge in [0, 0.05) is 19.1 Å². The summed E-state index contributed by atoms with van der Waals surface area (Å²) >= 11 is 0. The first kappa shape index (κ1) is 12.0. The molecule has 1 aliphatic rings. The van der Waals surface area contributed by atoms with E-state index >= 15 is 0 Å². The number of nitrogens with zero attached hydrogens (tertiary/aromatic N) is 1. The molecular formula is C13H27N. The van der Waals surface area contributed by atoms with Gasteiger partial charge in [0.25, 0.3) is 0 Å². The summed E-state index contributed by atoms with van der Waals surface area (Å²) in [7, 11) is 0. The van der Waals surface area contributed by atoms with Crippen LogP contribution in [-0.4, -0.2) is 24.0 Å². The van der Waals surface area contributed by atoms with E-state index in [-0.39, 0.29) is 0 Å². The van der Waals surface area contributed by atoms with Crippen molar-refractivity contribution in [1.29, 1.82) is 0 Å². The second kappa shape index (κ2) is 5.75. The van der Waals surface area contributed by atoms with Crippen LogP contribution in [0.3, 0.4) is 0 Å². The number of hydrogen-bond acceptors (Lipinski definition) is 1. The highest BCUT2D eigenvalue weighted by atomic mass is 15.2. The Morgan fingerprint density at radius 1 is 0.929 bits per heavy atom. The molecule has 0 bridgehead atoms. The van der Waals surface area contributed by atoms with E-state index in [1.165, 1.54) is 38.8 Å². The molecule has 1 heteroatoms. The molecule has 1 fully saturated rings. The predicted molar refractivity (Wildman–Crippen MR) is 63.5 cm³/mol. The molecule has 1 rings (SSSR count). The van der Waals surface area contributed by atoms with Crippen molar-refractivity contribution >= 4 is 0 Å². The van der Waals surface area contributed by atoms with Gasteiger partial charge < -0.3 is 0 Å². The van der Waals surface area contributed by atoms with Crippen LogP contribution in [0.2, 0.25) is 0 Å². The van der Waals surface area contributed by atoms with Crippen LogP contribution in [0.5, 0.6) is 0 Å². The summed E-state index contributed by atoms with van der Waals surface area (Å²) in [5, 5.41) is 0. The van der Waals surface area contributed by atoms with Crippen molar-refractivity contribution in [2.75, 3.05) is 13.1 Å². The Kier molecular flexibility index (Phi) is 4.94. The highest BCUT2D eigenvalue weighted by molar-refractivity contribution is 4.78. The van der Waals surface area contributed by atoms with Gasteiger partial charge in [0.2, 0.25) is 0 Å². The lowest BCUT2D eigenvalue weighted by molar-refractivity contribution is 0.158. The molecule has 0 atom stereocenters. The summed E-state index contributed by atoms with van der Waals surface area (Å²) in [4.78, 5) is 2.74. The average Bonchev–Trinajstić information content (AvgIpc) is 2.52. The maximum Gasteiger partial charge on any atom is 0.00954 e. The summed E-state index contributed by atoms with van der Waals surface area (Å²) in [6, 6.07) is 0.903. The minimum atomic E-state index is 0.814. The zero-order valence-electron chi connectivity index (χ0n) is 10.4. The van der Waals surface area contributed by atoms with Crippen LogP contribution in [-0.2, 0) is 0 Å². The molecule has 0 saturated heterocycles. The summed E-state index contributed by atoms with van der Waals surface area (Å²) in [6.07, 6.45) is 5.80. The van der Waals surface area contributed by atoms with Gasteiger partial charge in [-0.1, -0.05) is 40.5 Å². The van der Waals surface area contributed by atoms with E-state index in [0.717, 1.165) is 17.9 Å². The number of hydrogen-bond donors (Lipinski definition) is 0. The largest absolute Gasteiger partial charge is 0.300 e. The summed E-state index contributed by atoms with van der Waals surface area (Å²) < 4.78 is 0. The SMILES string of the molecule is CC(C)CN(CC(C)C)C1CCCC1. The summed E-state index contributed by atoms with van der Waals surface area (Å²) in [6.45, 7) is 11.9. The first-order valence-corrected chi connectivity index (χ1v) is 6.33. The third-order valence-electron chi connectivity index (χ3n) is 3.04. The molecule has 1 aliphatic carbocycles. The monoisotopic (exact) mass is 197 g/mol. The fourth-order valence-electron chi connectivity index (χ4n) is 2.58. The van der Waals surface area contributed by atoms with Gasteiger partial charge >= 0.3 is 0 Å². The third-order valence-corrected chi connectivity index (χ3v) is 3.04. The Hall–Kier alpha value is -0.0400. The van der Waals surface area contributed by atoms with Crippen molar-refractivity contribution in [3.8, 4) is 0 Å². The van der Waals surface area contributed by atoms with Crippen molar-refractivity contribution in [2.45, 2.75) is 59.4 Å². The minimum absolute atomic E-state index is 0.814. The Morgan fingerprint density at radius 2 is 1.36 bits per heavy atom. The molecular weight excluding hydrogens is 170 g/mol. The summed E-state index contributed by atoms with van der Waals surface area (Å²) in [5.74, 6) is 1.63. The molecule has 0 amide bonds. The molecule has 0 radical (unpaired) electrons. The van der Waals surface area contributed by atoms with Gasteiger partial charge in [0.05, 0.1) is 0 Å². The van der Waals surface area contributed by atoms with Gasteiger partial charge in [0.1, 0.15) is 0 Å². The van der Waals surface area contributed by atoms with E-state index in [2.05, 4.69) is 32.6 Å². The number of rotatable bonds is 5. The third kappa shape index (κ3) is 4.00. The van der Waals surface area contributed by atoms with E-state index in [0.29, 0.717) is 0 Å². The molecule has 0 unspecified atom stereocenters. The van der Waals surface area contributed by atoms with E-state index in [4.69, 9.17) is 0 Å². The second-order valence-corrected chi connectivity index (χ2v) is 5.68. The molecule has 0 N–H and O–H groups in total. The Labute approximate surface area is 89.9 Å². The minimum Gasteiger partial charge on any atom is -0.300 e. The smallest absolute Gasteiger partial charge is 0.00954 e. The van der Waals surface area contributed by atoms with E-state index in [1.807, 2.05) is 0 Å². The highest BCUT2D eigenvalue weighted by Crippen LogP contribution is 2.24. The van der Waals surface area contributed by atoms with Crippen molar-refractivity contribution in [2.24, 2.45) is 11.8 Å². The molecule has 14 heavy (non-hydrogen) atoms. The van der Waals surface area contributed by atoms with Gasteiger partial charge in [-0.2, -0.15) is 0 Å². The molecule has 0 heterocycles. The Morgan fingerprint density at radius 3 is 1.71 bits per heavy atom. The van der Waals surface area contributed by atoms with E-state index in [9.17, 15) is 0 Å². The fraction of sp³-hybridized carbons (Fsp3) is 1.00. The second-order valence-electron chi connectivity index (χ2n) is 5.68. The standard InChI is InChI=1S/C13H27N/c1-11(2)9-14(10-12(3)4)13-7-5-6-8-13/h11-13H,5-10H2,1-4H3. The fourth-order valence-corrected chi connectivity index (χ4v) is 2.58. The summed E-state index contributed by atoms with van der Waals surface area (Å²) in [5.41, 5.74) is 0. The molecule has 0 aromatic carbocycles. The van der Waals surface area contributed by atoms with Gasteiger partial charge in [-0.3, -0.25) is 4.90 Å². The van der Waals surface area contributed by atoms with Crippen LogP contribution in [0, 0.1) is 11.8 Å². The molecule has 0 spiro atoms. The van der Waals surface area contributed by atoms with E-state index < -0.39 is 0 Å². The highest BCUT2D eigenvalue weighted by Gasteiger charge is 2.23. The molecule has 1 nitrogen and oxygen atoms in total. The first-order chi connectivity index (χ1) is 6.59. The predicted octanol–water partition coefficient (Wildman–Crippen LogP) is 3.54. The lowest BCUT2D eigenvalue weighted by atomic mass is 10.1. The Bertz CT molecular complexity index is 135. The van der Waals surface area contributed by atoms with Gasteiger partial charge in [0.15, 0.2) is 0 Å². The zero-order chi connectivity index (χ0) is 10.6. The first-order valence-electron chi connectivity index (χ1n) is 6.33. The average molecular weight is 197 g/mol. The van der Waals surface area contributed by atoms with Crippen LogP contribution >= 0.6 is 0 Å². The van der Waals surface area contributed by atoms with Crippen molar-refractivity contribution < 1.29 is 0 Å². The topological polar surface area (TPSA) is 3.24 Å². The van der Waals surface area contributed by atoms with Gasteiger partial charge in [-0.25, -0.2) is 0 Å². The normalized spacial score (nSPS) is 19.1. The van der Waals surface area contributed by atoms with Crippen LogP contribution in [0.1, 0.15) is 53.4 Å². The molecule has 0 aliphatic heterocycles. The molecule has 0 aromatic heterocycles. The van der Waals surface area contributed by atoms with Crippen LogP contribution in [0.25, 0.3) is 0 Å². The van der Waals surface area contributed by atoms with Crippen molar-refractivity contribution in [1.82, 2.24) is 4.90 Å². The zero-order valence-corrected chi connectivity index (χ0v) is 10.4. The van der Waals surface area contributed by atoms with Gasteiger partial charge in [-0.15, -0.1) is 0 Å². The lowest BCUT2D eigenvalue weighted by Crippen LogP contribution is -2.38. The van der Waals surface area contributed by atoms with Crippen LogP contribution < -0.4 is 0 Å². The molecule has 1 saturated carbocycles. The van der Waals surface area contributed by atoms with Crippen molar-refractivity contribution in [3.63, 3.8) is 0 Å². The molecule has 0 aromatic rings. The maximum atomic E-state index is 2.74. The lowest BCUT2D eigenvalue weighted by Gasteiger charge is -2.31. The van der Waals surface area contributed by atoms with Crippen LogP contribution in [0.4, 0.5) is 0 Å². The van der Waals surface area contributed by atoms with E-state index in [1.54, 1.807) is 0 Å². The Balaban J connectivity index is 2.42. The van der Waals surface area contributed by atoms with Gasteiger partial charge in [-0.05, 0) is 24.7 Å². The van der Waals surface area contributed by atoms with Crippen molar-refractivity contribution in [3.05, 3.63) is 0 Å². The quantitative estimate of drug-likeness (QED) is 0.651. The maximum absolute atomic E-state index is 2.74. The molecule has 84 valence electrons. The van der Waals surface area contributed by atoms with Crippen LogP contribution in [0.15, 0.2) is 0 Å².